The molecule has 1 fully saturated rings. The molecule has 2 aliphatic rings. The molecular weight excluding hydrogens is 374 g/mol. The first-order valence-electron chi connectivity index (χ1n) is 9.07. The Labute approximate surface area is 160 Å². The monoisotopic (exact) mass is 396 g/mol. The van der Waals surface area contributed by atoms with Crippen molar-refractivity contribution < 1.29 is 28.3 Å². The minimum Gasteiger partial charge on any atom is -0.479 e. The van der Waals surface area contributed by atoms with Gasteiger partial charge in [0, 0.05) is 20.1 Å². The molecule has 0 bridgehead atoms. The van der Waals surface area contributed by atoms with Crippen LogP contribution in [0.15, 0.2) is 6.07 Å². The largest absolute Gasteiger partial charge is 0.479 e. The molecule has 0 aromatic heterocycles. The fraction of sp³-hybridized carbons (Fsp3) is 0.500. The molecule has 1 saturated heterocycles. The maximum Gasteiger partial charge on any atom is 0.336 e. The zero-order valence-electron chi connectivity index (χ0n) is 15.6. The quantitative estimate of drug-likeness (QED) is 0.474. The molecule has 0 amide bonds. The summed E-state index contributed by atoms with van der Waals surface area (Å²) >= 11 is 0. The molecule has 8 nitrogen and oxygen atoms in total. The topological polar surface area (TPSA) is 102 Å². The summed E-state index contributed by atoms with van der Waals surface area (Å²) in [6, 6.07) is -1.11. The van der Waals surface area contributed by atoms with Crippen molar-refractivity contribution in [2.45, 2.75) is 19.4 Å². The summed E-state index contributed by atoms with van der Waals surface area (Å²) in [6.07, 6.45) is 0.744. The number of halogens is 2. The number of ketones is 2. The van der Waals surface area contributed by atoms with Crippen LogP contribution in [0.3, 0.4) is 0 Å². The Morgan fingerprint density at radius 1 is 1.32 bits per heavy atom. The Kier molecular flexibility index (Phi) is 5.61. The standard InChI is InChI=1S/C18H22F2N4O4/c1-3-22-7-9-4-5-23(8-9)14-11(19)6-10-13(12(14)20)24(21-2)15(18(27)28)17(26)16(10)25/h6,9,15,21-22H,3-5,7-8H2,1-2H3,(H,27,28). The van der Waals surface area contributed by atoms with E-state index in [9.17, 15) is 23.9 Å². The first kappa shape index (κ1) is 20.2. The molecule has 10 heteroatoms. The van der Waals surface area contributed by atoms with Gasteiger partial charge < -0.3 is 15.3 Å². The van der Waals surface area contributed by atoms with Crippen molar-refractivity contribution in [1.29, 1.82) is 0 Å². The van der Waals surface area contributed by atoms with E-state index in [1.807, 2.05) is 6.92 Å². The average Bonchev–Trinajstić information content (AvgIpc) is 3.10. The lowest BCUT2D eigenvalue weighted by molar-refractivity contribution is -0.141. The minimum atomic E-state index is -1.92. The van der Waals surface area contributed by atoms with Gasteiger partial charge in [0.2, 0.25) is 17.6 Å². The molecule has 1 aromatic rings. The molecule has 2 atom stereocenters. The third-order valence-corrected chi connectivity index (χ3v) is 5.14. The lowest BCUT2D eigenvalue weighted by Crippen LogP contribution is -2.58. The van der Waals surface area contributed by atoms with Crippen LogP contribution >= 0.6 is 0 Å². The van der Waals surface area contributed by atoms with E-state index < -0.39 is 46.5 Å². The molecule has 0 aliphatic carbocycles. The second-order valence-electron chi connectivity index (χ2n) is 6.85. The summed E-state index contributed by atoms with van der Waals surface area (Å²) < 4.78 is 30.1. The summed E-state index contributed by atoms with van der Waals surface area (Å²) in [4.78, 5) is 37.4. The Hall–Kier alpha value is -2.59. The van der Waals surface area contributed by atoms with Gasteiger partial charge in [-0.25, -0.2) is 19.0 Å². The van der Waals surface area contributed by atoms with E-state index in [2.05, 4.69) is 10.7 Å². The number of hydrogen-bond acceptors (Lipinski definition) is 7. The Morgan fingerprint density at radius 2 is 2.04 bits per heavy atom. The maximum absolute atomic E-state index is 15.4. The highest BCUT2D eigenvalue weighted by Crippen LogP contribution is 2.39. The van der Waals surface area contributed by atoms with Crippen LogP contribution in [0.1, 0.15) is 23.7 Å². The maximum atomic E-state index is 15.4. The number of rotatable bonds is 6. The summed E-state index contributed by atoms with van der Waals surface area (Å²) in [5, 5.41) is 13.3. The van der Waals surface area contributed by atoms with Gasteiger partial charge in [-0.2, -0.15) is 0 Å². The zero-order chi connectivity index (χ0) is 20.6. The van der Waals surface area contributed by atoms with E-state index in [-0.39, 0.29) is 11.6 Å². The number of anilines is 2. The van der Waals surface area contributed by atoms with Gasteiger partial charge in [-0.05, 0) is 31.5 Å². The van der Waals surface area contributed by atoms with Crippen LogP contribution in [0, 0.1) is 17.6 Å². The van der Waals surface area contributed by atoms with Gasteiger partial charge in [-0.3, -0.25) is 14.6 Å². The van der Waals surface area contributed by atoms with Crippen LogP contribution in [-0.4, -0.2) is 61.9 Å². The van der Waals surface area contributed by atoms with Crippen LogP contribution in [0.2, 0.25) is 0 Å². The van der Waals surface area contributed by atoms with Crippen molar-refractivity contribution >= 4 is 28.9 Å². The van der Waals surface area contributed by atoms with Crippen molar-refractivity contribution in [3.8, 4) is 0 Å². The van der Waals surface area contributed by atoms with Crippen LogP contribution in [0.4, 0.5) is 20.2 Å². The molecule has 2 aliphatic heterocycles. The normalized spacial score (nSPS) is 22.0. The summed E-state index contributed by atoms with van der Waals surface area (Å²) in [5.41, 5.74) is 1.22. The van der Waals surface area contributed by atoms with Crippen LogP contribution in [0.25, 0.3) is 0 Å². The molecule has 152 valence electrons. The van der Waals surface area contributed by atoms with Gasteiger partial charge in [-0.1, -0.05) is 6.92 Å². The van der Waals surface area contributed by atoms with E-state index in [4.69, 9.17) is 0 Å². The Balaban J connectivity index is 2.05. The highest BCUT2D eigenvalue weighted by molar-refractivity contribution is 6.51. The molecule has 0 radical (unpaired) electrons. The molecule has 3 rings (SSSR count). The fourth-order valence-electron chi connectivity index (χ4n) is 3.81. The smallest absolute Gasteiger partial charge is 0.336 e. The van der Waals surface area contributed by atoms with Gasteiger partial charge in [-0.15, -0.1) is 0 Å². The second-order valence-corrected chi connectivity index (χ2v) is 6.85. The number of fused-ring (bicyclic) bond motifs is 1. The van der Waals surface area contributed by atoms with E-state index in [0.29, 0.717) is 13.1 Å². The Bertz CT molecular complexity index is 832. The number of carboxylic acid groups (broad SMARTS) is 1. The number of benzene rings is 1. The third kappa shape index (κ3) is 3.22. The number of hydrazine groups is 1. The molecular formula is C18H22F2N4O4. The number of Topliss-reactive ketones (excluding diaryl/α,β-unsaturated/α-hetero) is 2. The van der Waals surface area contributed by atoms with Gasteiger partial charge in [0.05, 0.1) is 5.56 Å². The van der Waals surface area contributed by atoms with Crippen molar-refractivity contribution in [2.75, 3.05) is 43.1 Å². The number of aliphatic carboxylic acids is 1. The third-order valence-electron chi connectivity index (χ3n) is 5.14. The van der Waals surface area contributed by atoms with Crippen molar-refractivity contribution in [3.63, 3.8) is 0 Å². The number of carboxylic acids is 1. The number of hydrogen-bond donors (Lipinski definition) is 3. The zero-order valence-corrected chi connectivity index (χ0v) is 15.6. The molecule has 2 heterocycles. The van der Waals surface area contributed by atoms with Crippen molar-refractivity contribution in [2.24, 2.45) is 5.92 Å². The van der Waals surface area contributed by atoms with Gasteiger partial charge in [0.25, 0.3) is 0 Å². The van der Waals surface area contributed by atoms with Gasteiger partial charge in [0.1, 0.15) is 17.2 Å². The average molecular weight is 396 g/mol. The number of carbonyl (C=O) groups excluding carboxylic acids is 2. The molecule has 3 N–H and O–H groups in total. The Morgan fingerprint density at radius 3 is 2.64 bits per heavy atom. The predicted molar refractivity (Wildman–Crippen MR) is 97.5 cm³/mol. The predicted octanol–water partition coefficient (Wildman–Crippen LogP) is 0.560. The highest BCUT2D eigenvalue weighted by Gasteiger charge is 2.46. The van der Waals surface area contributed by atoms with Crippen molar-refractivity contribution in [3.05, 3.63) is 23.3 Å². The van der Waals surface area contributed by atoms with Gasteiger partial charge >= 0.3 is 5.97 Å². The second kappa shape index (κ2) is 7.80. The summed E-state index contributed by atoms with van der Waals surface area (Å²) in [6.45, 7) is 4.34. The number of nitrogens with zero attached hydrogens (tertiary/aromatic N) is 2. The highest BCUT2D eigenvalue weighted by atomic mass is 19.1. The van der Waals surface area contributed by atoms with Crippen LogP contribution in [0.5, 0.6) is 0 Å². The summed E-state index contributed by atoms with van der Waals surface area (Å²) in [7, 11) is 1.30. The van der Waals surface area contributed by atoms with E-state index in [1.54, 1.807) is 4.90 Å². The number of carbonyl (C=O) groups is 3. The lowest BCUT2D eigenvalue weighted by Gasteiger charge is -2.35. The molecule has 0 spiro atoms. The van der Waals surface area contributed by atoms with Gasteiger partial charge in [0.15, 0.2) is 5.82 Å². The van der Waals surface area contributed by atoms with E-state index in [0.717, 1.165) is 30.6 Å². The first-order valence-corrected chi connectivity index (χ1v) is 9.07. The van der Waals surface area contributed by atoms with Crippen LogP contribution < -0.4 is 20.7 Å². The summed E-state index contributed by atoms with van der Waals surface area (Å²) in [5.74, 6) is -5.87. The van der Waals surface area contributed by atoms with Crippen molar-refractivity contribution in [1.82, 2.24) is 10.7 Å². The lowest BCUT2D eigenvalue weighted by atomic mass is 9.93. The minimum absolute atomic E-state index is 0.213. The van der Waals surface area contributed by atoms with E-state index >= 15 is 4.39 Å². The molecule has 2 unspecified atom stereocenters. The molecule has 1 aromatic carbocycles. The SMILES string of the molecule is CCNCC1CCN(c2c(F)cc3c(c2F)N(NC)C(C(=O)O)C(=O)C3=O)C1. The molecule has 28 heavy (non-hydrogen) atoms. The fourth-order valence-corrected chi connectivity index (χ4v) is 3.81. The van der Waals surface area contributed by atoms with Crippen LogP contribution in [-0.2, 0) is 9.59 Å². The number of nitrogens with one attached hydrogen (secondary N) is 2. The molecule has 0 saturated carbocycles. The van der Waals surface area contributed by atoms with E-state index in [1.165, 1.54) is 7.05 Å². The first-order chi connectivity index (χ1) is 13.3.